The predicted octanol–water partition coefficient (Wildman–Crippen LogP) is 2.41. The Balaban J connectivity index is 2.40. The molecule has 0 bridgehead atoms. The number of hydrogen-bond donors (Lipinski definition) is 1. The molecule has 1 N–H and O–H groups in total. The van der Waals surface area contributed by atoms with Crippen molar-refractivity contribution in [1.82, 2.24) is 0 Å². The molecule has 16 heavy (non-hydrogen) atoms. The third-order valence-corrected chi connectivity index (χ3v) is 2.58. The molecule has 1 heterocycles. The first-order valence-electron chi connectivity index (χ1n) is 4.91. The van der Waals surface area contributed by atoms with E-state index in [1.165, 1.54) is 6.26 Å². The molecule has 0 amide bonds. The van der Waals surface area contributed by atoms with E-state index >= 15 is 0 Å². The molecule has 1 unspecified atom stereocenters. The van der Waals surface area contributed by atoms with Crippen LogP contribution in [0, 0.1) is 11.3 Å². The van der Waals surface area contributed by atoms with E-state index in [2.05, 4.69) is 0 Å². The molecule has 0 aliphatic heterocycles. The number of aliphatic hydroxyl groups is 1. The second-order valence-corrected chi connectivity index (χ2v) is 3.74. The van der Waals surface area contributed by atoms with Gasteiger partial charge in [0.1, 0.15) is 11.4 Å². The minimum atomic E-state index is -1.17. The van der Waals surface area contributed by atoms with Gasteiger partial charge in [-0.15, -0.1) is 0 Å². The van der Waals surface area contributed by atoms with Gasteiger partial charge in [-0.1, -0.05) is 12.1 Å². The number of benzene rings is 1. The maximum atomic E-state index is 10.3. The van der Waals surface area contributed by atoms with E-state index in [9.17, 15) is 5.11 Å². The fourth-order valence-electron chi connectivity index (χ4n) is 1.57. The Hall–Kier alpha value is -2.05. The van der Waals surface area contributed by atoms with Crippen LogP contribution in [0.5, 0.6) is 0 Å². The van der Waals surface area contributed by atoms with E-state index < -0.39 is 5.60 Å². The van der Waals surface area contributed by atoms with Crippen LogP contribution in [0.1, 0.15) is 23.8 Å². The van der Waals surface area contributed by atoms with Gasteiger partial charge in [-0.25, -0.2) is 0 Å². The second-order valence-electron chi connectivity index (χ2n) is 3.74. The zero-order valence-electron chi connectivity index (χ0n) is 8.84. The van der Waals surface area contributed by atoms with E-state index in [0.29, 0.717) is 16.9 Å². The average Bonchev–Trinajstić information content (AvgIpc) is 2.83. The van der Waals surface area contributed by atoms with E-state index in [1.807, 2.05) is 6.07 Å². The highest BCUT2D eigenvalue weighted by atomic mass is 16.4. The summed E-state index contributed by atoms with van der Waals surface area (Å²) in [6.07, 6.45) is 1.52. The fourth-order valence-corrected chi connectivity index (χ4v) is 1.57. The van der Waals surface area contributed by atoms with Gasteiger partial charge in [-0.2, -0.15) is 5.26 Å². The summed E-state index contributed by atoms with van der Waals surface area (Å²) in [5, 5.41) is 19.0. The van der Waals surface area contributed by atoms with Crippen LogP contribution in [0.3, 0.4) is 0 Å². The maximum Gasteiger partial charge on any atom is 0.144 e. The minimum Gasteiger partial charge on any atom is -0.466 e. The van der Waals surface area contributed by atoms with Crippen molar-refractivity contribution >= 4 is 0 Å². The van der Waals surface area contributed by atoms with Crippen LogP contribution >= 0.6 is 0 Å². The van der Waals surface area contributed by atoms with Crippen molar-refractivity contribution in [3.05, 3.63) is 59.5 Å². The molecule has 0 radical (unpaired) electrons. The molecule has 1 aromatic heterocycles. The SMILES string of the molecule is CC(O)(c1ccc(C#N)cc1)c1ccco1. The molecule has 0 spiro atoms. The third kappa shape index (κ3) is 1.71. The van der Waals surface area contributed by atoms with E-state index in [0.717, 1.165) is 0 Å². The quantitative estimate of drug-likeness (QED) is 0.833. The summed E-state index contributed by atoms with van der Waals surface area (Å²) < 4.78 is 5.19. The van der Waals surface area contributed by atoms with Crippen LogP contribution in [-0.4, -0.2) is 5.11 Å². The first-order chi connectivity index (χ1) is 7.64. The second kappa shape index (κ2) is 3.84. The predicted molar refractivity (Wildman–Crippen MR) is 58.5 cm³/mol. The van der Waals surface area contributed by atoms with Gasteiger partial charge in [0.2, 0.25) is 0 Å². The summed E-state index contributed by atoms with van der Waals surface area (Å²) in [7, 11) is 0. The van der Waals surface area contributed by atoms with Gasteiger partial charge in [0.25, 0.3) is 0 Å². The Morgan fingerprint density at radius 2 is 1.94 bits per heavy atom. The number of furan rings is 1. The third-order valence-electron chi connectivity index (χ3n) is 2.58. The molecular formula is C13H11NO2. The van der Waals surface area contributed by atoms with Gasteiger partial charge in [-0.3, -0.25) is 0 Å². The standard InChI is InChI=1S/C13H11NO2/c1-13(15,12-3-2-8-16-12)11-6-4-10(9-14)5-7-11/h2-8,15H,1H3. The van der Waals surface area contributed by atoms with Crippen LogP contribution in [-0.2, 0) is 5.60 Å². The summed E-state index contributed by atoms with van der Waals surface area (Å²) in [6.45, 7) is 1.66. The summed E-state index contributed by atoms with van der Waals surface area (Å²) in [4.78, 5) is 0. The molecule has 2 aromatic rings. The lowest BCUT2D eigenvalue weighted by molar-refractivity contribution is 0.0767. The monoisotopic (exact) mass is 213 g/mol. The Morgan fingerprint density at radius 3 is 2.44 bits per heavy atom. The smallest absolute Gasteiger partial charge is 0.144 e. The Kier molecular flexibility index (Phi) is 2.51. The van der Waals surface area contributed by atoms with Crippen LogP contribution in [0.4, 0.5) is 0 Å². The zero-order chi connectivity index (χ0) is 11.6. The molecule has 80 valence electrons. The van der Waals surface area contributed by atoms with Gasteiger partial charge < -0.3 is 9.52 Å². The van der Waals surface area contributed by atoms with E-state index in [4.69, 9.17) is 9.68 Å². The van der Waals surface area contributed by atoms with Crippen LogP contribution in [0.25, 0.3) is 0 Å². The largest absolute Gasteiger partial charge is 0.466 e. The first kappa shape index (κ1) is 10.5. The van der Waals surface area contributed by atoms with Gasteiger partial charge in [0.15, 0.2) is 0 Å². The van der Waals surface area contributed by atoms with Crippen molar-refractivity contribution in [2.24, 2.45) is 0 Å². The van der Waals surface area contributed by atoms with Gasteiger partial charge >= 0.3 is 0 Å². The topological polar surface area (TPSA) is 57.2 Å². The molecular weight excluding hydrogens is 202 g/mol. The molecule has 1 aromatic carbocycles. The maximum absolute atomic E-state index is 10.3. The highest BCUT2D eigenvalue weighted by Crippen LogP contribution is 2.29. The minimum absolute atomic E-state index is 0.484. The molecule has 3 heteroatoms. The molecule has 2 rings (SSSR count). The fraction of sp³-hybridized carbons (Fsp3) is 0.154. The molecule has 0 fully saturated rings. The van der Waals surface area contributed by atoms with Crippen LogP contribution in [0.15, 0.2) is 47.1 Å². The summed E-state index contributed by atoms with van der Waals surface area (Å²) in [6, 6.07) is 12.3. The van der Waals surface area contributed by atoms with Gasteiger partial charge in [-0.05, 0) is 36.8 Å². The first-order valence-corrected chi connectivity index (χ1v) is 4.91. The van der Waals surface area contributed by atoms with Crippen molar-refractivity contribution in [3.63, 3.8) is 0 Å². The lowest BCUT2D eigenvalue weighted by Gasteiger charge is -2.21. The van der Waals surface area contributed by atoms with Gasteiger partial charge in [0, 0.05) is 0 Å². The van der Waals surface area contributed by atoms with Crippen LogP contribution in [0.2, 0.25) is 0 Å². The van der Waals surface area contributed by atoms with Crippen molar-refractivity contribution in [1.29, 1.82) is 5.26 Å². The lowest BCUT2D eigenvalue weighted by Crippen LogP contribution is -2.21. The Labute approximate surface area is 93.6 Å². The molecule has 0 aliphatic rings. The van der Waals surface area contributed by atoms with Gasteiger partial charge in [0.05, 0.1) is 17.9 Å². The summed E-state index contributed by atoms with van der Waals surface area (Å²) in [5.74, 6) is 0.484. The zero-order valence-corrected chi connectivity index (χ0v) is 8.84. The molecule has 3 nitrogen and oxygen atoms in total. The Morgan fingerprint density at radius 1 is 1.25 bits per heavy atom. The number of nitriles is 1. The van der Waals surface area contributed by atoms with Crippen molar-refractivity contribution in [2.45, 2.75) is 12.5 Å². The van der Waals surface area contributed by atoms with Crippen molar-refractivity contribution < 1.29 is 9.52 Å². The van der Waals surface area contributed by atoms with E-state index in [1.54, 1.807) is 43.3 Å². The van der Waals surface area contributed by atoms with E-state index in [-0.39, 0.29) is 0 Å². The number of nitrogens with zero attached hydrogens (tertiary/aromatic N) is 1. The van der Waals surface area contributed by atoms with Crippen molar-refractivity contribution in [2.75, 3.05) is 0 Å². The lowest BCUT2D eigenvalue weighted by atomic mass is 9.93. The number of rotatable bonds is 2. The molecule has 0 aliphatic carbocycles. The molecule has 0 saturated heterocycles. The average molecular weight is 213 g/mol. The normalized spacial score (nSPS) is 14.1. The summed E-state index contributed by atoms with van der Waals surface area (Å²) >= 11 is 0. The van der Waals surface area contributed by atoms with Crippen LogP contribution < -0.4 is 0 Å². The highest BCUT2D eigenvalue weighted by Gasteiger charge is 2.28. The van der Waals surface area contributed by atoms with Crippen molar-refractivity contribution in [3.8, 4) is 6.07 Å². The summed E-state index contributed by atoms with van der Waals surface area (Å²) in [5.41, 5.74) is 0.0951. The molecule has 1 atom stereocenters. The molecule has 0 saturated carbocycles. The Bertz CT molecular complexity index is 504. The number of hydrogen-bond acceptors (Lipinski definition) is 3. The highest BCUT2D eigenvalue weighted by molar-refractivity contribution is 5.36.